The second kappa shape index (κ2) is 11.3. The average molecular weight is 495 g/mol. The first-order chi connectivity index (χ1) is 17.6. The van der Waals surface area contributed by atoms with E-state index in [0.29, 0.717) is 18.7 Å². The molecule has 2 aliphatic heterocycles. The molecule has 3 aliphatic rings. The van der Waals surface area contributed by atoms with E-state index in [0.717, 1.165) is 42.7 Å². The number of aliphatic hydroxyl groups is 1. The van der Waals surface area contributed by atoms with Crippen LogP contribution >= 0.6 is 0 Å². The summed E-state index contributed by atoms with van der Waals surface area (Å²) >= 11 is 0. The Bertz CT molecular complexity index is 1060. The van der Waals surface area contributed by atoms with Crippen molar-refractivity contribution in [1.29, 1.82) is 0 Å². The maximum atomic E-state index is 12.6. The molecule has 0 spiro atoms. The molecule has 3 amide bonds. The monoisotopic (exact) mass is 494 g/mol. The number of aliphatic hydroxyl groups excluding tert-OH is 1. The number of hydrogen-bond acceptors (Lipinski definition) is 6. The highest BCUT2D eigenvalue weighted by molar-refractivity contribution is 5.89. The quantitative estimate of drug-likeness (QED) is 0.469. The molecular formula is C27H34N4O5. The molecule has 1 aliphatic carbocycles. The Morgan fingerprint density at radius 1 is 1.11 bits per heavy atom. The number of benzene rings is 1. The Morgan fingerprint density at radius 3 is 2.75 bits per heavy atom. The predicted molar refractivity (Wildman–Crippen MR) is 134 cm³/mol. The number of amides is 3. The van der Waals surface area contributed by atoms with Gasteiger partial charge in [-0.1, -0.05) is 25.3 Å². The lowest BCUT2D eigenvalue weighted by molar-refractivity contribution is -0.142. The van der Waals surface area contributed by atoms with Gasteiger partial charge in [-0.2, -0.15) is 0 Å². The maximum Gasteiger partial charge on any atom is 0.319 e. The summed E-state index contributed by atoms with van der Waals surface area (Å²) < 4.78 is 12.2. The van der Waals surface area contributed by atoms with E-state index in [9.17, 15) is 14.7 Å². The Balaban J connectivity index is 1.21. The molecule has 5 rings (SSSR count). The van der Waals surface area contributed by atoms with E-state index in [1.54, 1.807) is 6.20 Å². The number of rotatable bonds is 7. The van der Waals surface area contributed by atoms with Gasteiger partial charge in [0.1, 0.15) is 18.0 Å². The molecule has 1 aromatic heterocycles. The van der Waals surface area contributed by atoms with Crippen molar-refractivity contribution < 1.29 is 24.2 Å². The molecule has 1 aromatic carbocycles. The largest absolute Gasteiger partial charge is 0.487 e. The van der Waals surface area contributed by atoms with Gasteiger partial charge in [0.05, 0.1) is 31.4 Å². The van der Waals surface area contributed by atoms with Crippen LogP contribution in [0, 0.1) is 0 Å². The SMILES string of the molecule is O=C(C[C@@H]1C[C@@H]2c3cc(NC(=O)NC4CCCCC4)ccc3O[C@@H]2[C@H](CO)O1)NCc1ccccn1. The molecule has 192 valence electrons. The second-order valence-corrected chi connectivity index (χ2v) is 9.89. The van der Waals surface area contributed by atoms with Gasteiger partial charge < -0.3 is 30.5 Å². The number of nitrogens with one attached hydrogen (secondary N) is 3. The number of urea groups is 1. The Labute approximate surface area is 211 Å². The standard InChI is InChI=1S/C27H34N4O5/c32-16-24-26-22(13-20(35-24)14-25(33)29-15-19-8-4-5-11-28-19)21-12-18(9-10-23(21)36-26)31-27(34)30-17-6-2-1-3-7-17/h4-5,8-12,17,20,22,24,26,32H,1-3,6-7,13-16H2,(H,29,33)(H2,30,31,34)/t20-,22+,24-,26-/m0/s1. The first-order valence-electron chi connectivity index (χ1n) is 12.9. The molecule has 2 fully saturated rings. The van der Waals surface area contributed by atoms with Crippen LogP contribution in [0.25, 0.3) is 0 Å². The summed E-state index contributed by atoms with van der Waals surface area (Å²) in [6.45, 7) is 0.155. The minimum absolute atomic E-state index is 0.0392. The molecule has 9 nitrogen and oxygen atoms in total. The molecule has 0 bridgehead atoms. The lowest BCUT2D eigenvalue weighted by Gasteiger charge is -2.37. The number of aromatic nitrogens is 1. The van der Waals surface area contributed by atoms with Crippen LogP contribution in [0.5, 0.6) is 5.75 Å². The van der Waals surface area contributed by atoms with Crippen molar-refractivity contribution in [1.82, 2.24) is 15.6 Å². The number of carbonyl (C=O) groups excluding carboxylic acids is 2. The minimum atomic E-state index is -0.532. The summed E-state index contributed by atoms with van der Waals surface area (Å²) in [6.07, 6.45) is 6.83. The average Bonchev–Trinajstić information content (AvgIpc) is 3.26. The Kier molecular flexibility index (Phi) is 7.67. The topological polar surface area (TPSA) is 122 Å². The van der Waals surface area contributed by atoms with Gasteiger partial charge in [0.15, 0.2) is 0 Å². The van der Waals surface area contributed by atoms with Crippen LogP contribution < -0.4 is 20.7 Å². The smallest absolute Gasteiger partial charge is 0.319 e. The Hall–Kier alpha value is -3.17. The fraction of sp³-hybridized carbons (Fsp3) is 0.519. The predicted octanol–water partition coefficient (Wildman–Crippen LogP) is 3.24. The first kappa shape index (κ1) is 24.5. The van der Waals surface area contributed by atoms with Crippen molar-refractivity contribution in [2.45, 2.75) is 81.8 Å². The van der Waals surface area contributed by atoms with Crippen molar-refractivity contribution in [3.63, 3.8) is 0 Å². The lowest BCUT2D eigenvalue weighted by Crippen LogP contribution is -2.47. The van der Waals surface area contributed by atoms with E-state index in [1.165, 1.54) is 6.42 Å². The van der Waals surface area contributed by atoms with Crippen molar-refractivity contribution in [2.24, 2.45) is 0 Å². The molecule has 2 aromatic rings. The highest BCUT2D eigenvalue weighted by Gasteiger charge is 2.46. The number of anilines is 1. The van der Waals surface area contributed by atoms with Crippen molar-refractivity contribution in [2.75, 3.05) is 11.9 Å². The molecular weight excluding hydrogens is 460 g/mol. The lowest BCUT2D eigenvalue weighted by atomic mass is 9.84. The van der Waals surface area contributed by atoms with E-state index in [-0.39, 0.29) is 49.1 Å². The molecule has 9 heteroatoms. The van der Waals surface area contributed by atoms with Gasteiger partial charge in [-0.3, -0.25) is 9.78 Å². The van der Waals surface area contributed by atoms with Crippen LogP contribution in [0.1, 0.15) is 62.1 Å². The highest BCUT2D eigenvalue weighted by Crippen LogP contribution is 2.47. The van der Waals surface area contributed by atoms with E-state index in [2.05, 4.69) is 20.9 Å². The van der Waals surface area contributed by atoms with Crippen molar-refractivity contribution >= 4 is 17.6 Å². The molecule has 36 heavy (non-hydrogen) atoms. The fourth-order valence-electron chi connectivity index (χ4n) is 5.54. The number of pyridine rings is 1. The summed E-state index contributed by atoms with van der Waals surface area (Å²) in [7, 11) is 0. The summed E-state index contributed by atoms with van der Waals surface area (Å²) in [5.41, 5.74) is 2.45. The van der Waals surface area contributed by atoms with E-state index in [4.69, 9.17) is 9.47 Å². The number of carbonyl (C=O) groups is 2. The van der Waals surface area contributed by atoms with Crippen molar-refractivity contribution in [3.8, 4) is 5.75 Å². The van der Waals surface area contributed by atoms with Gasteiger partial charge >= 0.3 is 6.03 Å². The summed E-state index contributed by atoms with van der Waals surface area (Å²) in [6, 6.07) is 11.2. The number of hydrogen-bond donors (Lipinski definition) is 4. The van der Waals surface area contributed by atoms with Gasteiger partial charge in [0, 0.05) is 29.4 Å². The van der Waals surface area contributed by atoms with E-state index < -0.39 is 6.10 Å². The number of nitrogens with zero attached hydrogens (tertiary/aromatic N) is 1. The van der Waals surface area contributed by atoms with Gasteiger partial charge in [-0.05, 0) is 49.6 Å². The summed E-state index contributed by atoms with van der Waals surface area (Å²) in [5, 5.41) is 18.9. The first-order valence-corrected chi connectivity index (χ1v) is 12.9. The van der Waals surface area contributed by atoms with Gasteiger partial charge in [0.25, 0.3) is 0 Å². The van der Waals surface area contributed by atoms with Crippen LogP contribution in [0.2, 0.25) is 0 Å². The minimum Gasteiger partial charge on any atom is -0.487 e. The Morgan fingerprint density at radius 2 is 1.97 bits per heavy atom. The van der Waals surface area contributed by atoms with Crippen molar-refractivity contribution in [3.05, 3.63) is 53.9 Å². The fourth-order valence-corrected chi connectivity index (χ4v) is 5.54. The second-order valence-electron chi connectivity index (χ2n) is 9.89. The molecule has 0 radical (unpaired) electrons. The highest BCUT2D eigenvalue weighted by atomic mass is 16.6. The third kappa shape index (κ3) is 5.79. The summed E-state index contributed by atoms with van der Waals surface area (Å²) in [5.74, 6) is 0.558. The van der Waals surface area contributed by atoms with Crippen LogP contribution in [0.4, 0.5) is 10.5 Å². The molecule has 1 saturated carbocycles. The van der Waals surface area contributed by atoms with E-state index >= 15 is 0 Å². The summed E-state index contributed by atoms with van der Waals surface area (Å²) in [4.78, 5) is 29.4. The van der Waals surface area contributed by atoms with Crippen LogP contribution in [0.3, 0.4) is 0 Å². The third-order valence-electron chi connectivity index (χ3n) is 7.30. The molecule has 4 N–H and O–H groups in total. The number of ether oxygens (including phenoxy) is 2. The maximum absolute atomic E-state index is 12.6. The van der Waals surface area contributed by atoms with Gasteiger partial charge in [-0.25, -0.2) is 4.79 Å². The van der Waals surface area contributed by atoms with Gasteiger partial charge in [-0.15, -0.1) is 0 Å². The zero-order chi connectivity index (χ0) is 24.9. The number of fused-ring (bicyclic) bond motifs is 3. The molecule has 3 heterocycles. The molecule has 0 unspecified atom stereocenters. The van der Waals surface area contributed by atoms with Crippen LogP contribution in [-0.2, 0) is 16.1 Å². The van der Waals surface area contributed by atoms with Crippen LogP contribution in [-0.4, -0.2) is 53.0 Å². The van der Waals surface area contributed by atoms with Crippen LogP contribution in [0.15, 0.2) is 42.6 Å². The normalized spacial score (nSPS) is 25.2. The molecule has 1 saturated heterocycles. The van der Waals surface area contributed by atoms with Gasteiger partial charge in [0.2, 0.25) is 5.91 Å². The third-order valence-corrected chi connectivity index (χ3v) is 7.30. The zero-order valence-electron chi connectivity index (χ0n) is 20.3. The zero-order valence-corrected chi connectivity index (χ0v) is 20.3. The van der Waals surface area contributed by atoms with E-state index in [1.807, 2.05) is 36.4 Å². The molecule has 4 atom stereocenters.